The molecule has 0 unspecified atom stereocenters. The number of nitrogens with zero attached hydrogens (tertiary/aromatic N) is 1. The second kappa shape index (κ2) is 10.0. The first-order valence-corrected chi connectivity index (χ1v) is 12.3. The van der Waals surface area contributed by atoms with Crippen LogP contribution in [0, 0.1) is 0 Å². The topological polar surface area (TPSA) is 67.9 Å². The van der Waals surface area contributed by atoms with Crippen LogP contribution in [0.15, 0.2) is 48.5 Å². The van der Waals surface area contributed by atoms with Crippen LogP contribution in [-0.2, 0) is 17.6 Å². The molecule has 194 valence electrons. The number of carbonyl (C=O) groups is 2. The van der Waals surface area contributed by atoms with Gasteiger partial charge >= 0.3 is 12.1 Å². The smallest absolute Gasteiger partial charge is 0.491 e. The molecule has 6 nitrogen and oxygen atoms in total. The molecule has 0 spiro atoms. The van der Waals surface area contributed by atoms with Crippen molar-refractivity contribution in [2.45, 2.75) is 44.3 Å². The maximum absolute atomic E-state index is 13.4. The SMILES string of the molecule is COc1cc2ccccc2c(OC(=O)C(F)(F)F)c1C(=O)Nc1ccc2c(c1)CCN(C1CCC1)CC2. The molecule has 1 aliphatic carbocycles. The van der Waals surface area contributed by atoms with Crippen LogP contribution in [-0.4, -0.2) is 49.2 Å². The summed E-state index contributed by atoms with van der Waals surface area (Å²) in [6.07, 6.45) is 0.309. The number of carbonyl (C=O) groups excluding carboxylic acids is 2. The standard InChI is InChI=1S/C28H27F3N2O4/c1-36-23-16-19-5-2-3-8-22(19)25(37-27(35)28(29,30)31)24(23)26(34)32-20-10-9-17-11-13-33(21-6-4-7-21)14-12-18(17)15-20/h2-3,5,8-10,15-16,21H,4,6-7,11-14H2,1H3,(H,32,34). The Morgan fingerprint density at radius 1 is 1.00 bits per heavy atom. The number of benzene rings is 3. The van der Waals surface area contributed by atoms with E-state index in [1.807, 2.05) is 12.1 Å². The first-order valence-electron chi connectivity index (χ1n) is 12.3. The molecule has 2 aliphatic rings. The highest BCUT2D eigenvalue weighted by atomic mass is 19.4. The fourth-order valence-electron chi connectivity index (χ4n) is 5.05. The second-order valence-corrected chi connectivity index (χ2v) is 9.45. The zero-order valence-electron chi connectivity index (χ0n) is 20.4. The Labute approximate surface area is 212 Å². The Bertz CT molecular complexity index is 1350. The number of methoxy groups -OCH3 is 1. The van der Waals surface area contributed by atoms with Gasteiger partial charge in [-0.3, -0.25) is 9.69 Å². The van der Waals surface area contributed by atoms with Gasteiger partial charge < -0.3 is 14.8 Å². The van der Waals surface area contributed by atoms with E-state index in [0.29, 0.717) is 17.1 Å². The molecule has 1 N–H and O–H groups in total. The number of anilines is 1. The summed E-state index contributed by atoms with van der Waals surface area (Å²) in [5, 5.41) is 3.42. The lowest BCUT2D eigenvalue weighted by Crippen LogP contribution is -2.41. The largest absolute Gasteiger partial charge is 0.496 e. The summed E-state index contributed by atoms with van der Waals surface area (Å²) >= 11 is 0. The van der Waals surface area contributed by atoms with Crippen molar-refractivity contribution in [2.75, 3.05) is 25.5 Å². The van der Waals surface area contributed by atoms with Crippen LogP contribution in [0.1, 0.15) is 40.7 Å². The summed E-state index contributed by atoms with van der Waals surface area (Å²) in [7, 11) is 1.30. The van der Waals surface area contributed by atoms with Crippen molar-refractivity contribution in [3.8, 4) is 11.5 Å². The highest BCUT2D eigenvalue weighted by Gasteiger charge is 2.42. The fraction of sp³-hybridized carbons (Fsp3) is 0.357. The highest BCUT2D eigenvalue weighted by Crippen LogP contribution is 2.39. The van der Waals surface area contributed by atoms with Crippen molar-refractivity contribution in [3.05, 3.63) is 65.2 Å². The van der Waals surface area contributed by atoms with E-state index in [1.54, 1.807) is 24.3 Å². The number of rotatable bonds is 5. The Hall–Kier alpha value is -3.59. The normalized spacial score (nSPS) is 16.4. The van der Waals surface area contributed by atoms with Gasteiger partial charge in [-0.2, -0.15) is 13.2 Å². The minimum Gasteiger partial charge on any atom is -0.496 e. The molecule has 1 amide bonds. The van der Waals surface area contributed by atoms with E-state index in [4.69, 9.17) is 9.47 Å². The molecule has 3 aromatic carbocycles. The summed E-state index contributed by atoms with van der Waals surface area (Å²) < 4.78 is 49.4. The van der Waals surface area contributed by atoms with Gasteiger partial charge in [-0.1, -0.05) is 36.8 Å². The Balaban J connectivity index is 1.46. The summed E-state index contributed by atoms with van der Waals surface area (Å²) in [4.78, 5) is 27.8. The van der Waals surface area contributed by atoms with Gasteiger partial charge in [0.2, 0.25) is 0 Å². The molecule has 5 rings (SSSR count). The molecule has 9 heteroatoms. The molecule has 0 bridgehead atoms. The molecule has 1 aliphatic heterocycles. The lowest BCUT2D eigenvalue weighted by Gasteiger charge is -2.36. The molecule has 3 aromatic rings. The Morgan fingerprint density at radius 2 is 1.73 bits per heavy atom. The molecule has 1 heterocycles. The number of hydrogen-bond donors (Lipinski definition) is 1. The van der Waals surface area contributed by atoms with Crippen molar-refractivity contribution in [1.82, 2.24) is 4.90 Å². The van der Waals surface area contributed by atoms with Crippen LogP contribution in [0.5, 0.6) is 11.5 Å². The van der Waals surface area contributed by atoms with E-state index in [2.05, 4.69) is 10.2 Å². The number of alkyl halides is 3. The monoisotopic (exact) mass is 512 g/mol. The van der Waals surface area contributed by atoms with Gasteiger partial charge in [-0.15, -0.1) is 0 Å². The molecule has 0 atom stereocenters. The maximum atomic E-state index is 13.4. The molecule has 0 saturated heterocycles. The van der Waals surface area contributed by atoms with Crippen molar-refractivity contribution >= 4 is 28.3 Å². The van der Waals surface area contributed by atoms with E-state index >= 15 is 0 Å². The van der Waals surface area contributed by atoms with Gasteiger partial charge in [-0.25, -0.2) is 4.79 Å². The van der Waals surface area contributed by atoms with Gasteiger partial charge in [0, 0.05) is 30.2 Å². The summed E-state index contributed by atoms with van der Waals surface area (Å²) in [6, 6.07) is 14.2. The van der Waals surface area contributed by atoms with Crippen molar-refractivity contribution < 1.29 is 32.2 Å². The molecule has 0 aromatic heterocycles. The summed E-state index contributed by atoms with van der Waals surface area (Å²) in [5.41, 5.74) is 2.57. The summed E-state index contributed by atoms with van der Waals surface area (Å²) in [6.45, 7) is 1.96. The first kappa shape index (κ1) is 25.1. The van der Waals surface area contributed by atoms with E-state index in [0.717, 1.165) is 31.5 Å². The van der Waals surface area contributed by atoms with Crippen molar-refractivity contribution in [1.29, 1.82) is 0 Å². The van der Waals surface area contributed by atoms with Gasteiger partial charge in [0.15, 0.2) is 5.75 Å². The van der Waals surface area contributed by atoms with Gasteiger partial charge in [0.1, 0.15) is 11.3 Å². The molecule has 37 heavy (non-hydrogen) atoms. The third-order valence-corrected chi connectivity index (χ3v) is 7.23. The van der Waals surface area contributed by atoms with Crippen LogP contribution in [0.25, 0.3) is 10.8 Å². The molecule has 1 saturated carbocycles. The third-order valence-electron chi connectivity index (χ3n) is 7.23. The fourth-order valence-corrected chi connectivity index (χ4v) is 5.05. The van der Waals surface area contributed by atoms with Crippen LogP contribution in [0.2, 0.25) is 0 Å². The van der Waals surface area contributed by atoms with Crippen LogP contribution < -0.4 is 14.8 Å². The molecular formula is C28H27F3N2O4. The number of nitrogens with one attached hydrogen (secondary N) is 1. The average Bonchev–Trinajstić information content (AvgIpc) is 3.04. The van der Waals surface area contributed by atoms with E-state index in [9.17, 15) is 22.8 Å². The minimum absolute atomic E-state index is 0.00734. The van der Waals surface area contributed by atoms with Crippen molar-refractivity contribution in [2.24, 2.45) is 0 Å². The first-order chi connectivity index (χ1) is 17.7. The van der Waals surface area contributed by atoms with E-state index in [1.165, 1.54) is 44.1 Å². The predicted molar refractivity (Wildman–Crippen MR) is 133 cm³/mol. The number of fused-ring (bicyclic) bond motifs is 2. The number of ether oxygens (including phenoxy) is 2. The maximum Gasteiger partial charge on any atom is 0.491 e. The second-order valence-electron chi connectivity index (χ2n) is 9.45. The molecule has 0 radical (unpaired) electrons. The van der Waals surface area contributed by atoms with Crippen molar-refractivity contribution in [3.63, 3.8) is 0 Å². The lowest BCUT2D eigenvalue weighted by atomic mass is 9.91. The van der Waals surface area contributed by atoms with E-state index < -0.39 is 23.8 Å². The van der Waals surface area contributed by atoms with Gasteiger partial charge in [-0.05, 0) is 60.4 Å². The minimum atomic E-state index is -5.23. The molecule has 1 fully saturated rings. The Morgan fingerprint density at radius 3 is 2.41 bits per heavy atom. The van der Waals surface area contributed by atoms with Crippen LogP contribution in [0.4, 0.5) is 18.9 Å². The third kappa shape index (κ3) is 5.13. The summed E-state index contributed by atoms with van der Waals surface area (Å²) in [5.74, 6) is -3.66. The van der Waals surface area contributed by atoms with Crippen LogP contribution >= 0.6 is 0 Å². The number of halogens is 3. The zero-order chi connectivity index (χ0) is 26.2. The van der Waals surface area contributed by atoms with Crippen LogP contribution in [0.3, 0.4) is 0 Å². The average molecular weight is 513 g/mol. The number of hydrogen-bond acceptors (Lipinski definition) is 5. The van der Waals surface area contributed by atoms with E-state index in [-0.39, 0.29) is 16.7 Å². The predicted octanol–water partition coefficient (Wildman–Crippen LogP) is 5.52. The van der Waals surface area contributed by atoms with Gasteiger partial charge in [0.25, 0.3) is 5.91 Å². The highest BCUT2D eigenvalue weighted by molar-refractivity contribution is 6.13. The quantitative estimate of drug-likeness (QED) is 0.360. The number of esters is 1. The number of amides is 1. The zero-order valence-corrected chi connectivity index (χ0v) is 20.4. The molecular weight excluding hydrogens is 485 g/mol. The Kier molecular flexibility index (Phi) is 6.81. The lowest BCUT2D eigenvalue weighted by molar-refractivity contribution is -0.189. The van der Waals surface area contributed by atoms with Gasteiger partial charge in [0.05, 0.1) is 7.11 Å².